The second-order valence-corrected chi connectivity index (χ2v) is 7.19. The molecule has 1 aliphatic heterocycles. The Kier molecular flexibility index (Phi) is 4.09. The molecule has 0 aliphatic carbocycles. The Balaban J connectivity index is 1.92. The summed E-state index contributed by atoms with van der Waals surface area (Å²) < 4.78 is 25.5. The van der Waals surface area contributed by atoms with Gasteiger partial charge in [-0.1, -0.05) is 0 Å². The minimum Gasteiger partial charge on any atom is -0.350 e. The smallest absolute Gasteiger partial charge is 0.235 e. The Bertz CT molecular complexity index is 610. The Hall–Kier alpha value is -1.48. The Morgan fingerprint density at radius 1 is 1.50 bits per heavy atom. The van der Waals surface area contributed by atoms with Crippen LogP contribution < -0.4 is 5.32 Å². The molecule has 1 aromatic heterocycles. The summed E-state index contributed by atoms with van der Waals surface area (Å²) in [5.74, 6) is 1.46. The molecule has 1 N–H and O–H groups in total. The zero-order valence-electron chi connectivity index (χ0n) is 11.8. The highest BCUT2D eigenvalue weighted by Crippen LogP contribution is 2.14. The van der Waals surface area contributed by atoms with Gasteiger partial charge in [0.05, 0.1) is 12.8 Å². The van der Waals surface area contributed by atoms with E-state index in [4.69, 9.17) is 0 Å². The average Bonchev–Trinajstić information content (AvgIpc) is 2.69. The first kappa shape index (κ1) is 14.9. The summed E-state index contributed by atoms with van der Waals surface area (Å²) in [6.45, 7) is 2.34. The highest BCUT2D eigenvalue weighted by Gasteiger charge is 2.24. The van der Waals surface area contributed by atoms with Crippen LogP contribution in [0.1, 0.15) is 18.1 Å². The molecule has 1 aromatic rings. The first-order chi connectivity index (χ1) is 9.27. The minimum atomic E-state index is -3.34. The molecule has 8 nitrogen and oxygen atoms in total. The summed E-state index contributed by atoms with van der Waals surface area (Å²) >= 11 is 0. The van der Waals surface area contributed by atoms with Gasteiger partial charge in [0.25, 0.3) is 0 Å². The maximum Gasteiger partial charge on any atom is 0.235 e. The van der Waals surface area contributed by atoms with Gasteiger partial charge in [0.15, 0.2) is 0 Å². The van der Waals surface area contributed by atoms with E-state index in [-0.39, 0.29) is 18.5 Å². The molecule has 0 radical (unpaired) electrons. The van der Waals surface area contributed by atoms with E-state index in [1.807, 2.05) is 11.5 Å². The Morgan fingerprint density at radius 3 is 2.85 bits per heavy atom. The van der Waals surface area contributed by atoms with E-state index < -0.39 is 10.0 Å². The first-order valence-electron chi connectivity index (χ1n) is 6.36. The number of nitrogens with zero attached hydrogens (tertiary/aromatic N) is 4. The van der Waals surface area contributed by atoms with Crippen molar-refractivity contribution < 1.29 is 13.2 Å². The van der Waals surface area contributed by atoms with E-state index in [1.165, 1.54) is 7.05 Å². The molecular formula is C11H19N5O3S. The number of hydrogen-bond acceptors (Lipinski definition) is 5. The fraction of sp³-hybridized carbons (Fsp3) is 0.727. The average molecular weight is 301 g/mol. The van der Waals surface area contributed by atoms with Gasteiger partial charge in [-0.15, -0.1) is 10.2 Å². The van der Waals surface area contributed by atoms with Gasteiger partial charge in [0.2, 0.25) is 15.9 Å². The van der Waals surface area contributed by atoms with Crippen LogP contribution in [0.3, 0.4) is 0 Å². The number of carbonyl (C=O) groups is 1. The van der Waals surface area contributed by atoms with E-state index in [9.17, 15) is 13.2 Å². The van der Waals surface area contributed by atoms with Crippen LogP contribution in [-0.4, -0.2) is 59.3 Å². The van der Waals surface area contributed by atoms with E-state index >= 15 is 0 Å². The monoisotopic (exact) mass is 301 g/mol. The van der Waals surface area contributed by atoms with Crippen LogP contribution >= 0.6 is 0 Å². The minimum absolute atomic E-state index is 0.0161. The molecule has 1 aliphatic rings. The molecule has 0 fully saturated rings. The number of sulfonamides is 1. The topological polar surface area (TPSA) is 97.2 Å². The Labute approximate surface area is 118 Å². The van der Waals surface area contributed by atoms with E-state index in [0.29, 0.717) is 6.54 Å². The van der Waals surface area contributed by atoms with Gasteiger partial charge >= 0.3 is 0 Å². The van der Waals surface area contributed by atoms with Crippen molar-refractivity contribution in [3.63, 3.8) is 0 Å². The van der Waals surface area contributed by atoms with E-state index in [0.717, 1.165) is 35.1 Å². The van der Waals surface area contributed by atoms with Crippen LogP contribution in [0.25, 0.3) is 0 Å². The maximum atomic E-state index is 11.8. The van der Waals surface area contributed by atoms with Gasteiger partial charge in [0, 0.05) is 26.1 Å². The molecule has 0 bridgehead atoms. The summed E-state index contributed by atoms with van der Waals surface area (Å²) in [6, 6.07) is -0.0161. The zero-order chi connectivity index (χ0) is 14.9. The van der Waals surface area contributed by atoms with Crippen molar-refractivity contribution in [2.24, 2.45) is 0 Å². The highest BCUT2D eigenvalue weighted by molar-refractivity contribution is 7.88. The predicted octanol–water partition coefficient (Wildman–Crippen LogP) is -1.09. The summed E-state index contributed by atoms with van der Waals surface area (Å²) in [6.07, 6.45) is 2.62. The number of likely N-dealkylation sites (N-methyl/N-ethyl adjacent to an activating group) is 1. The number of carbonyl (C=O) groups excluding carboxylic acids is 1. The van der Waals surface area contributed by atoms with Crippen LogP contribution in [0.15, 0.2) is 0 Å². The largest absolute Gasteiger partial charge is 0.350 e. The standard InChI is InChI=1S/C11H19N5O3S/c1-8-13-14-10-5-4-9(6-16(8)10)12-11(17)7-15(2)20(3,18)19/h9H,4-7H2,1-3H3,(H,12,17)/t9-/m1/s1. The molecule has 2 heterocycles. The van der Waals surface area contributed by atoms with E-state index in [2.05, 4.69) is 15.5 Å². The summed E-state index contributed by atoms with van der Waals surface area (Å²) in [7, 11) is -1.95. The zero-order valence-corrected chi connectivity index (χ0v) is 12.6. The Morgan fingerprint density at radius 2 is 2.20 bits per heavy atom. The van der Waals surface area contributed by atoms with Crippen LogP contribution in [-0.2, 0) is 27.8 Å². The molecular weight excluding hydrogens is 282 g/mol. The van der Waals surface area contributed by atoms with Crippen molar-refractivity contribution in [2.75, 3.05) is 19.8 Å². The van der Waals surface area contributed by atoms with Gasteiger partial charge in [-0.2, -0.15) is 4.31 Å². The first-order valence-corrected chi connectivity index (χ1v) is 8.21. The molecule has 112 valence electrons. The quantitative estimate of drug-likeness (QED) is 0.762. The summed E-state index contributed by atoms with van der Waals surface area (Å²) in [5, 5.41) is 10.9. The molecule has 20 heavy (non-hydrogen) atoms. The van der Waals surface area contributed by atoms with Crippen LogP contribution in [0, 0.1) is 6.92 Å². The molecule has 1 atom stereocenters. The fourth-order valence-corrected chi connectivity index (χ4v) is 2.52. The fourth-order valence-electron chi connectivity index (χ4n) is 2.17. The lowest BCUT2D eigenvalue weighted by Crippen LogP contribution is -2.45. The van der Waals surface area contributed by atoms with Gasteiger partial charge < -0.3 is 9.88 Å². The highest BCUT2D eigenvalue weighted by atomic mass is 32.2. The number of aromatic nitrogens is 3. The molecule has 1 amide bonds. The third kappa shape index (κ3) is 3.34. The van der Waals surface area contributed by atoms with Gasteiger partial charge in [-0.3, -0.25) is 4.79 Å². The second-order valence-electron chi connectivity index (χ2n) is 5.10. The van der Waals surface area contributed by atoms with Gasteiger partial charge in [-0.05, 0) is 13.3 Å². The number of rotatable bonds is 4. The third-order valence-electron chi connectivity index (χ3n) is 3.43. The number of aryl methyl sites for hydroxylation is 2. The number of nitrogens with one attached hydrogen (secondary N) is 1. The SMILES string of the molecule is Cc1nnc2n1C[C@H](NC(=O)CN(C)S(C)(=O)=O)CC2. The molecule has 0 aromatic carbocycles. The third-order valence-corrected chi connectivity index (χ3v) is 4.69. The normalized spacial score (nSPS) is 18.9. The van der Waals surface area contributed by atoms with Crippen LogP contribution in [0.5, 0.6) is 0 Å². The van der Waals surface area contributed by atoms with Crippen LogP contribution in [0.2, 0.25) is 0 Å². The maximum absolute atomic E-state index is 11.8. The van der Waals surface area contributed by atoms with Crippen molar-refractivity contribution in [3.05, 3.63) is 11.6 Å². The van der Waals surface area contributed by atoms with Crippen molar-refractivity contribution >= 4 is 15.9 Å². The van der Waals surface area contributed by atoms with E-state index in [1.54, 1.807) is 0 Å². The number of amides is 1. The van der Waals surface area contributed by atoms with Crippen molar-refractivity contribution in [2.45, 2.75) is 32.4 Å². The lowest BCUT2D eigenvalue weighted by molar-refractivity contribution is -0.122. The lowest BCUT2D eigenvalue weighted by Gasteiger charge is -2.25. The van der Waals surface area contributed by atoms with Crippen molar-refractivity contribution in [1.29, 1.82) is 0 Å². The molecule has 0 saturated heterocycles. The van der Waals surface area contributed by atoms with Crippen LogP contribution in [0.4, 0.5) is 0 Å². The number of fused-ring (bicyclic) bond motifs is 1. The second kappa shape index (κ2) is 5.49. The lowest BCUT2D eigenvalue weighted by atomic mass is 10.1. The summed E-state index contributed by atoms with van der Waals surface area (Å²) in [5.41, 5.74) is 0. The molecule has 2 rings (SSSR count). The van der Waals surface area contributed by atoms with Crippen molar-refractivity contribution in [3.8, 4) is 0 Å². The molecule has 0 spiro atoms. The summed E-state index contributed by atoms with van der Waals surface area (Å²) in [4.78, 5) is 11.8. The molecule has 9 heteroatoms. The van der Waals surface area contributed by atoms with Gasteiger partial charge in [-0.25, -0.2) is 8.42 Å². The van der Waals surface area contributed by atoms with Crippen molar-refractivity contribution in [1.82, 2.24) is 24.4 Å². The predicted molar refractivity (Wildman–Crippen MR) is 72.5 cm³/mol. The van der Waals surface area contributed by atoms with Gasteiger partial charge in [0.1, 0.15) is 11.6 Å². The molecule has 0 unspecified atom stereocenters. The molecule has 0 saturated carbocycles. The number of hydrogen-bond donors (Lipinski definition) is 1.